The van der Waals surface area contributed by atoms with E-state index in [4.69, 9.17) is 21.1 Å². The van der Waals surface area contributed by atoms with Crippen molar-refractivity contribution in [1.82, 2.24) is 0 Å². The van der Waals surface area contributed by atoms with Crippen LogP contribution in [0.3, 0.4) is 0 Å². The largest absolute Gasteiger partial charge is 0.493 e. The Morgan fingerprint density at radius 2 is 1.78 bits per heavy atom. The van der Waals surface area contributed by atoms with Crippen molar-refractivity contribution in [2.24, 2.45) is 0 Å². The minimum Gasteiger partial charge on any atom is -0.493 e. The summed E-state index contributed by atoms with van der Waals surface area (Å²) in [4.78, 5) is 0. The number of benzene rings is 1. The maximum absolute atomic E-state index is 6.19. The summed E-state index contributed by atoms with van der Waals surface area (Å²) in [5, 5.41) is 0.649. The van der Waals surface area contributed by atoms with Gasteiger partial charge >= 0.3 is 0 Å². The lowest BCUT2D eigenvalue weighted by atomic mass is 10.1. The molecule has 18 heavy (non-hydrogen) atoms. The van der Waals surface area contributed by atoms with E-state index in [1.54, 1.807) is 0 Å². The second kappa shape index (κ2) is 8.04. The smallest absolute Gasteiger partial charge is 0.141 e. The van der Waals surface area contributed by atoms with Crippen LogP contribution in [-0.4, -0.2) is 13.2 Å². The van der Waals surface area contributed by atoms with Gasteiger partial charge < -0.3 is 9.47 Å². The molecule has 0 aliphatic carbocycles. The molecule has 1 aromatic carbocycles. The predicted octanol–water partition coefficient (Wildman–Crippen LogP) is 4.65. The zero-order chi connectivity index (χ0) is 13.4. The first-order chi connectivity index (χ1) is 8.72. The van der Waals surface area contributed by atoms with E-state index >= 15 is 0 Å². The van der Waals surface area contributed by atoms with Crippen LogP contribution in [0, 0.1) is 0 Å². The van der Waals surface area contributed by atoms with Crippen LogP contribution in [0.25, 0.3) is 0 Å². The minimum atomic E-state index is 0.600. The summed E-state index contributed by atoms with van der Waals surface area (Å²) in [5.74, 6) is 1.56. The first kappa shape index (κ1) is 14.9. The van der Waals surface area contributed by atoms with Gasteiger partial charge in [0.15, 0.2) is 0 Å². The molecule has 0 aromatic heterocycles. The van der Waals surface area contributed by atoms with Crippen molar-refractivity contribution in [2.45, 2.75) is 33.6 Å². The van der Waals surface area contributed by atoms with Crippen LogP contribution >= 0.6 is 11.6 Å². The molecule has 1 rings (SSSR count). The molecule has 0 fully saturated rings. The quantitative estimate of drug-likeness (QED) is 0.671. The Morgan fingerprint density at radius 3 is 2.39 bits per heavy atom. The van der Waals surface area contributed by atoms with Gasteiger partial charge in [0.2, 0.25) is 0 Å². The summed E-state index contributed by atoms with van der Waals surface area (Å²) in [6.45, 7) is 7.18. The molecule has 2 nitrogen and oxygen atoms in total. The zero-order valence-electron chi connectivity index (χ0n) is 11.3. The topological polar surface area (TPSA) is 18.5 Å². The van der Waals surface area contributed by atoms with E-state index in [1.807, 2.05) is 32.9 Å². The fourth-order valence-electron chi connectivity index (χ4n) is 1.73. The van der Waals surface area contributed by atoms with Crippen molar-refractivity contribution in [3.8, 4) is 11.5 Å². The average Bonchev–Trinajstić information content (AvgIpc) is 2.35. The highest BCUT2D eigenvalue weighted by molar-refractivity contribution is 6.32. The SMILES string of the molecule is C/C=C\CCc1cc(Cl)c(OCC)cc1OCC. The Morgan fingerprint density at radius 1 is 1.11 bits per heavy atom. The minimum absolute atomic E-state index is 0.600. The summed E-state index contributed by atoms with van der Waals surface area (Å²) in [5.41, 5.74) is 1.13. The first-order valence-electron chi connectivity index (χ1n) is 6.42. The molecule has 1 aromatic rings. The third kappa shape index (κ3) is 4.26. The van der Waals surface area contributed by atoms with Gasteiger partial charge in [-0.3, -0.25) is 0 Å². The summed E-state index contributed by atoms with van der Waals surface area (Å²) >= 11 is 6.19. The van der Waals surface area contributed by atoms with Crippen LogP contribution in [0.4, 0.5) is 0 Å². The third-order valence-corrected chi connectivity index (χ3v) is 2.83. The maximum Gasteiger partial charge on any atom is 0.141 e. The molecule has 0 saturated heterocycles. The van der Waals surface area contributed by atoms with Crippen LogP contribution in [0.1, 0.15) is 32.8 Å². The van der Waals surface area contributed by atoms with Crippen LogP contribution in [0.15, 0.2) is 24.3 Å². The van der Waals surface area contributed by atoms with Crippen LogP contribution in [0.5, 0.6) is 11.5 Å². The monoisotopic (exact) mass is 268 g/mol. The molecule has 0 atom stereocenters. The Hall–Kier alpha value is -1.15. The van der Waals surface area contributed by atoms with E-state index in [2.05, 4.69) is 12.2 Å². The molecule has 0 bridgehead atoms. The number of allylic oxidation sites excluding steroid dienone is 2. The average molecular weight is 269 g/mol. The van der Waals surface area contributed by atoms with Crippen LogP contribution in [0.2, 0.25) is 5.02 Å². The molecule has 0 unspecified atom stereocenters. The van der Waals surface area contributed by atoms with Crippen molar-refractivity contribution in [3.63, 3.8) is 0 Å². The van der Waals surface area contributed by atoms with E-state index in [1.165, 1.54) is 0 Å². The number of ether oxygens (including phenoxy) is 2. The summed E-state index contributed by atoms with van der Waals surface area (Å²) < 4.78 is 11.1. The van der Waals surface area contributed by atoms with Gasteiger partial charge in [-0.2, -0.15) is 0 Å². The Labute approximate surface area is 115 Å². The second-order valence-electron chi connectivity index (χ2n) is 3.86. The highest BCUT2D eigenvalue weighted by Gasteiger charge is 2.10. The lowest BCUT2D eigenvalue weighted by molar-refractivity contribution is 0.321. The standard InChI is InChI=1S/C15H21ClO2/c1-4-7-8-9-12-10-13(16)15(18-6-3)11-14(12)17-5-2/h4,7,10-11H,5-6,8-9H2,1-3H3/b7-4-. The van der Waals surface area contributed by atoms with E-state index in [0.29, 0.717) is 24.0 Å². The normalized spacial score (nSPS) is 10.9. The van der Waals surface area contributed by atoms with Gasteiger partial charge in [-0.25, -0.2) is 0 Å². The van der Waals surface area contributed by atoms with Crippen LogP contribution < -0.4 is 9.47 Å². The zero-order valence-corrected chi connectivity index (χ0v) is 12.1. The van der Waals surface area contributed by atoms with Crippen molar-refractivity contribution >= 4 is 11.6 Å². The maximum atomic E-state index is 6.19. The van der Waals surface area contributed by atoms with Crippen molar-refractivity contribution in [1.29, 1.82) is 0 Å². The number of aryl methyl sites for hydroxylation is 1. The Bertz CT molecular complexity index is 400. The molecule has 0 saturated carbocycles. The Kier molecular flexibility index (Phi) is 6.66. The fraction of sp³-hybridized carbons (Fsp3) is 0.467. The third-order valence-electron chi connectivity index (χ3n) is 2.53. The van der Waals surface area contributed by atoms with E-state index in [-0.39, 0.29) is 0 Å². The second-order valence-corrected chi connectivity index (χ2v) is 4.27. The molecule has 0 spiro atoms. The van der Waals surface area contributed by atoms with Crippen molar-refractivity contribution in [3.05, 3.63) is 34.9 Å². The van der Waals surface area contributed by atoms with Gasteiger partial charge in [0.05, 0.1) is 18.2 Å². The van der Waals surface area contributed by atoms with Gasteiger partial charge in [0, 0.05) is 6.07 Å². The molecule has 0 heterocycles. The Balaban J connectivity index is 2.95. The molecule has 3 heteroatoms. The van der Waals surface area contributed by atoms with Gasteiger partial charge in [-0.1, -0.05) is 23.8 Å². The van der Waals surface area contributed by atoms with Crippen LogP contribution in [-0.2, 0) is 6.42 Å². The van der Waals surface area contributed by atoms with Crippen molar-refractivity contribution in [2.75, 3.05) is 13.2 Å². The van der Waals surface area contributed by atoms with Gasteiger partial charge in [0.1, 0.15) is 11.5 Å². The highest BCUT2D eigenvalue weighted by atomic mass is 35.5. The summed E-state index contributed by atoms with van der Waals surface area (Å²) in [6, 6.07) is 3.83. The van der Waals surface area contributed by atoms with Gasteiger partial charge in [-0.15, -0.1) is 0 Å². The molecule has 100 valence electrons. The molecule has 0 amide bonds. The van der Waals surface area contributed by atoms with Gasteiger partial charge in [0.25, 0.3) is 0 Å². The first-order valence-corrected chi connectivity index (χ1v) is 6.79. The number of hydrogen-bond acceptors (Lipinski definition) is 2. The molecule has 0 N–H and O–H groups in total. The molecular formula is C15H21ClO2. The van der Waals surface area contributed by atoms with E-state index < -0.39 is 0 Å². The number of rotatable bonds is 7. The molecule has 0 radical (unpaired) electrons. The predicted molar refractivity (Wildman–Crippen MR) is 76.9 cm³/mol. The van der Waals surface area contributed by atoms with E-state index in [0.717, 1.165) is 24.2 Å². The highest BCUT2D eigenvalue weighted by Crippen LogP contribution is 2.33. The van der Waals surface area contributed by atoms with Crippen molar-refractivity contribution < 1.29 is 9.47 Å². The molecule has 0 aliphatic rings. The number of hydrogen-bond donors (Lipinski definition) is 0. The fourth-order valence-corrected chi connectivity index (χ4v) is 1.97. The molecule has 0 aliphatic heterocycles. The summed E-state index contributed by atoms with van der Waals surface area (Å²) in [6.07, 6.45) is 6.10. The summed E-state index contributed by atoms with van der Waals surface area (Å²) in [7, 11) is 0. The van der Waals surface area contributed by atoms with Gasteiger partial charge in [-0.05, 0) is 45.2 Å². The lowest BCUT2D eigenvalue weighted by Gasteiger charge is -2.13. The number of halogens is 1. The van der Waals surface area contributed by atoms with E-state index in [9.17, 15) is 0 Å². The lowest BCUT2D eigenvalue weighted by Crippen LogP contribution is -1.99. The molecular weight excluding hydrogens is 248 g/mol.